The molecule has 0 aliphatic heterocycles. The van der Waals surface area contributed by atoms with Gasteiger partial charge < -0.3 is 20.3 Å². The highest BCUT2D eigenvalue weighted by Gasteiger charge is 2.11. The maximum atomic E-state index is 9.83. The predicted octanol–water partition coefficient (Wildman–Crippen LogP) is 2.42. The van der Waals surface area contributed by atoms with Crippen molar-refractivity contribution < 1.29 is 10.2 Å². The van der Waals surface area contributed by atoms with Crippen molar-refractivity contribution >= 4 is 11.3 Å². The van der Waals surface area contributed by atoms with Gasteiger partial charge in [-0.15, -0.1) is 0 Å². The van der Waals surface area contributed by atoms with Crippen LogP contribution in [0.1, 0.15) is 17.0 Å². The topological polar surface area (TPSA) is 83.8 Å². The van der Waals surface area contributed by atoms with E-state index in [0.29, 0.717) is 11.3 Å². The second-order valence-electron chi connectivity index (χ2n) is 5.12. The Hall–Kier alpha value is -2.69. The molecule has 3 rings (SSSR count). The minimum Gasteiger partial charge on any atom is -0.506 e. The van der Waals surface area contributed by atoms with Crippen molar-refractivity contribution in [2.45, 2.75) is 19.8 Å². The van der Waals surface area contributed by atoms with Gasteiger partial charge in [0.2, 0.25) is 0 Å². The number of anilines is 1. The molecule has 0 saturated carbocycles. The molecule has 2 heterocycles. The molecular formula is C16H17N3O2. The van der Waals surface area contributed by atoms with Gasteiger partial charge >= 0.3 is 0 Å². The van der Waals surface area contributed by atoms with Gasteiger partial charge in [-0.05, 0) is 49.6 Å². The summed E-state index contributed by atoms with van der Waals surface area (Å²) in [7, 11) is 0. The van der Waals surface area contributed by atoms with E-state index in [9.17, 15) is 10.2 Å². The van der Waals surface area contributed by atoms with Crippen LogP contribution in [0, 0.1) is 6.92 Å². The number of aromatic hydroxyl groups is 2. The van der Waals surface area contributed by atoms with E-state index in [2.05, 4.69) is 4.98 Å². The largest absolute Gasteiger partial charge is 0.506 e. The Balaban J connectivity index is 1.86. The molecule has 5 heteroatoms. The summed E-state index contributed by atoms with van der Waals surface area (Å²) in [6.07, 6.45) is 3.37. The molecule has 21 heavy (non-hydrogen) atoms. The number of pyridine rings is 1. The van der Waals surface area contributed by atoms with Crippen molar-refractivity contribution in [2.24, 2.45) is 0 Å². The molecule has 0 bridgehead atoms. The number of phenolic OH excluding ortho intramolecular Hbond substituents is 1. The van der Waals surface area contributed by atoms with Crippen molar-refractivity contribution in [3.05, 3.63) is 53.5 Å². The van der Waals surface area contributed by atoms with Gasteiger partial charge in [-0.2, -0.15) is 0 Å². The average molecular weight is 283 g/mol. The smallest absolute Gasteiger partial charge is 0.179 e. The molecule has 0 atom stereocenters. The van der Waals surface area contributed by atoms with E-state index in [1.54, 1.807) is 24.3 Å². The fourth-order valence-electron chi connectivity index (χ4n) is 2.46. The number of phenols is 1. The molecular weight excluding hydrogens is 266 g/mol. The van der Waals surface area contributed by atoms with Crippen LogP contribution in [0.15, 0.2) is 36.5 Å². The molecule has 108 valence electrons. The van der Waals surface area contributed by atoms with Crippen molar-refractivity contribution in [3.63, 3.8) is 0 Å². The second-order valence-corrected chi connectivity index (χ2v) is 5.12. The molecule has 5 nitrogen and oxygen atoms in total. The van der Waals surface area contributed by atoms with E-state index in [1.165, 1.54) is 0 Å². The third-order valence-corrected chi connectivity index (χ3v) is 3.71. The van der Waals surface area contributed by atoms with Crippen molar-refractivity contribution in [3.8, 4) is 11.5 Å². The van der Waals surface area contributed by atoms with Crippen LogP contribution in [0.2, 0.25) is 0 Å². The number of aryl methyl sites for hydroxylation is 3. The summed E-state index contributed by atoms with van der Waals surface area (Å²) < 4.78 is 1.88. The first-order valence-electron chi connectivity index (χ1n) is 6.79. The normalized spacial score (nSPS) is 11.1. The Morgan fingerprint density at radius 1 is 1.14 bits per heavy atom. The SMILES string of the molecule is Cc1c(CCc2ccc(N)c(O)c2)nc2c(O)cccn12. The molecule has 0 aliphatic rings. The number of fused-ring (bicyclic) bond motifs is 1. The molecule has 0 saturated heterocycles. The molecule has 0 fully saturated rings. The number of hydrogen-bond acceptors (Lipinski definition) is 4. The minimum absolute atomic E-state index is 0.108. The van der Waals surface area contributed by atoms with Gasteiger partial charge in [-0.25, -0.2) is 4.98 Å². The summed E-state index contributed by atoms with van der Waals surface area (Å²) in [6, 6.07) is 8.70. The molecule has 4 N–H and O–H groups in total. The van der Waals surface area contributed by atoms with Gasteiger partial charge in [0.15, 0.2) is 11.4 Å². The van der Waals surface area contributed by atoms with Gasteiger partial charge in [0.1, 0.15) is 5.75 Å². The van der Waals surface area contributed by atoms with Gasteiger partial charge in [0.25, 0.3) is 0 Å². The Morgan fingerprint density at radius 3 is 2.67 bits per heavy atom. The van der Waals surface area contributed by atoms with E-state index in [-0.39, 0.29) is 11.5 Å². The highest BCUT2D eigenvalue weighted by atomic mass is 16.3. The fraction of sp³-hybridized carbons (Fsp3) is 0.188. The third kappa shape index (κ3) is 2.38. The number of rotatable bonds is 3. The summed E-state index contributed by atoms with van der Waals surface area (Å²) in [6.45, 7) is 1.98. The summed E-state index contributed by atoms with van der Waals surface area (Å²) in [5, 5.41) is 19.5. The lowest BCUT2D eigenvalue weighted by molar-refractivity contribution is 0.477. The summed E-state index contributed by atoms with van der Waals surface area (Å²) in [5.41, 5.74) is 9.50. The lowest BCUT2D eigenvalue weighted by Gasteiger charge is -2.04. The Morgan fingerprint density at radius 2 is 1.95 bits per heavy atom. The third-order valence-electron chi connectivity index (χ3n) is 3.71. The van der Waals surface area contributed by atoms with Crippen LogP contribution in [0.25, 0.3) is 5.65 Å². The monoisotopic (exact) mass is 283 g/mol. The highest BCUT2D eigenvalue weighted by molar-refractivity contribution is 5.55. The Bertz CT molecular complexity index is 809. The maximum absolute atomic E-state index is 9.83. The maximum Gasteiger partial charge on any atom is 0.179 e. The van der Waals surface area contributed by atoms with Crippen molar-refractivity contribution in [1.82, 2.24) is 9.38 Å². The van der Waals surface area contributed by atoms with E-state index in [1.807, 2.05) is 23.6 Å². The van der Waals surface area contributed by atoms with Gasteiger partial charge in [0, 0.05) is 11.9 Å². The van der Waals surface area contributed by atoms with Gasteiger partial charge in [-0.1, -0.05) is 6.07 Å². The first kappa shape index (κ1) is 13.3. The molecule has 0 spiro atoms. The first-order chi connectivity index (χ1) is 10.1. The number of aromatic nitrogens is 2. The zero-order valence-corrected chi connectivity index (χ0v) is 11.7. The molecule has 2 aromatic heterocycles. The number of hydrogen-bond donors (Lipinski definition) is 3. The van der Waals surface area contributed by atoms with Crippen molar-refractivity contribution in [2.75, 3.05) is 5.73 Å². The molecule has 0 aliphatic carbocycles. The van der Waals surface area contributed by atoms with Gasteiger partial charge in [-0.3, -0.25) is 0 Å². The quantitative estimate of drug-likeness (QED) is 0.509. The van der Waals surface area contributed by atoms with Crippen LogP contribution in [-0.4, -0.2) is 19.6 Å². The lowest BCUT2D eigenvalue weighted by atomic mass is 10.1. The number of imidazole rings is 1. The molecule has 0 radical (unpaired) electrons. The Kier molecular flexibility index (Phi) is 3.17. The predicted molar refractivity (Wildman–Crippen MR) is 81.5 cm³/mol. The summed E-state index contributed by atoms with van der Waals surface area (Å²) in [4.78, 5) is 4.49. The van der Waals surface area contributed by atoms with E-state index in [0.717, 1.165) is 29.8 Å². The number of nitrogen functional groups attached to an aromatic ring is 1. The molecule has 0 amide bonds. The van der Waals surface area contributed by atoms with Crippen molar-refractivity contribution in [1.29, 1.82) is 0 Å². The van der Waals surface area contributed by atoms with Crippen LogP contribution in [0.3, 0.4) is 0 Å². The van der Waals surface area contributed by atoms with Gasteiger partial charge in [0.05, 0.1) is 11.4 Å². The number of nitrogens with two attached hydrogens (primary N) is 1. The van der Waals surface area contributed by atoms with E-state index in [4.69, 9.17) is 5.73 Å². The van der Waals surface area contributed by atoms with Crippen LogP contribution < -0.4 is 5.73 Å². The van der Waals surface area contributed by atoms with Crippen LogP contribution in [0.5, 0.6) is 11.5 Å². The van der Waals surface area contributed by atoms with E-state index < -0.39 is 0 Å². The average Bonchev–Trinajstić information content (AvgIpc) is 2.79. The molecule has 0 unspecified atom stereocenters. The Labute approximate surface area is 122 Å². The summed E-state index contributed by atoms with van der Waals surface area (Å²) in [5.74, 6) is 0.286. The second kappa shape index (κ2) is 5.01. The minimum atomic E-state index is 0.108. The molecule has 1 aromatic carbocycles. The standard InChI is InChI=1S/C16H17N3O2/c1-10-13(18-16-14(20)3-2-8-19(10)16)7-5-11-4-6-12(17)15(21)9-11/h2-4,6,8-9,20-21H,5,7,17H2,1H3. The zero-order valence-electron chi connectivity index (χ0n) is 11.7. The first-order valence-corrected chi connectivity index (χ1v) is 6.79. The fourth-order valence-corrected chi connectivity index (χ4v) is 2.46. The van der Waals surface area contributed by atoms with E-state index >= 15 is 0 Å². The van der Waals surface area contributed by atoms with Crippen LogP contribution >= 0.6 is 0 Å². The van der Waals surface area contributed by atoms with Crippen LogP contribution in [-0.2, 0) is 12.8 Å². The molecule has 3 aromatic rings. The summed E-state index contributed by atoms with van der Waals surface area (Å²) >= 11 is 0. The zero-order chi connectivity index (χ0) is 15.0. The number of nitrogens with zero attached hydrogens (tertiary/aromatic N) is 2. The van der Waals surface area contributed by atoms with Crippen LogP contribution in [0.4, 0.5) is 5.69 Å². The highest BCUT2D eigenvalue weighted by Crippen LogP contribution is 2.23. The number of benzene rings is 1. The lowest BCUT2D eigenvalue weighted by Crippen LogP contribution is -1.95.